The Morgan fingerprint density at radius 1 is 1.27 bits per heavy atom. The number of nitrogens with zero attached hydrogens (tertiary/aromatic N) is 1. The normalized spacial score (nSPS) is 27.1. The van der Waals surface area contributed by atoms with E-state index in [0.29, 0.717) is 19.1 Å². The molecule has 0 aromatic carbocycles. The number of hydrogen-bond acceptors (Lipinski definition) is 2. The topological polar surface area (TPSA) is 29.5 Å². The highest BCUT2D eigenvalue weighted by molar-refractivity contribution is 5.79. The number of carbonyl (C=O) groups excluding carboxylic acids is 1. The van der Waals surface area contributed by atoms with Crippen LogP contribution >= 0.6 is 0 Å². The van der Waals surface area contributed by atoms with Crippen LogP contribution in [0.1, 0.15) is 40.5 Å². The zero-order chi connectivity index (χ0) is 11.4. The lowest BCUT2D eigenvalue weighted by molar-refractivity contribution is -0.148. The number of hydrogen-bond donors (Lipinski definition) is 0. The molecule has 88 valence electrons. The molecule has 2 unspecified atom stereocenters. The average molecular weight is 213 g/mol. The average Bonchev–Trinajstić information content (AvgIpc) is 2.19. The summed E-state index contributed by atoms with van der Waals surface area (Å²) in [6.45, 7) is 9.65. The van der Waals surface area contributed by atoms with Gasteiger partial charge in [-0.2, -0.15) is 0 Å². The standard InChI is InChI=1S/C12H23NO2/c1-5-11(6-2)12(14)13-9(3)7-15-8-10(13)4/h9-11H,5-8H2,1-4H3. The van der Waals surface area contributed by atoms with Crippen LogP contribution in [0.4, 0.5) is 0 Å². The lowest BCUT2D eigenvalue weighted by Gasteiger charge is -2.40. The van der Waals surface area contributed by atoms with Gasteiger partial charge in [0.15, 0.2) is 0 Å². The molecule has 0 spiro atoms. The summed E-state index contributed by atoms with van der Waals surface area (Å²) in [7, 11) is 0. The Morgan fingerprint density at radius 2 is 1.73 bits per heavy atom. The van der Waals surface area contributed by atoms with Gasteiger partial charge >= 0.3 is 0 Å². The largest absolute Gasteiger partial charge is 0.377 e. The Balaban J connectivity index is 2.70. The molecule has 1 aliphatic rings. The second-order valence-electron chi connectivity index (χ2n) is 4.49. The van der Waals surface area contributed by atoms with Crippen LogP contribution in [0, 0.1) is 5.92 Å². The molecule has 0 aromatic rings. The Morgan fingerprint density at radius 3 is 2.13 bits per heavy atom. The molecule has 2 atom stereocenters. The van der Waals surface area contributed by atoms with Crippen LogP contribution < -0.4 is 0 Å². The zero-order valence-corrected chi connectivity index (χ0v) is 10.3. The van der Waals surface area contributed by atoms with Crippen LogP contribution in [-0.2, 0) is 9.53 Å². The van der Waals surface area contributed by atoms with Gasteiger partial charge in [-0.3, -0.25) is 4.79 Å². The fourth-order valence-corrected chi connectivity index (χ4v) is 2.29. The summed E-state index contributed by atoms with van der Waals surface area (Å²) in [5.41, 5.74) is 0. The summed E-state index contributed by atoms with van der Waals surface area (Å²) in [4.78, 5) is 14.3. The van der Waals surface area contributed by atoms with Crippen molar-refractivity contribution in [3.05, 3.63) is 0 Å². The molecule has 0 saturated carbocycles. The molecule has 0 aliphatic carbocycles. The van der Waals surface area contributed by atoms with Crippen molar-refractivity contribution < 1.29 is 9.53 Å². The first-order chi connectivity index (χ1) is 7.11. The number of carbonyl (C=O) groups is 1. The minimum absolute atomic E-state index is 0.188. The van der Waals surface area contributed by atoms with E-state index in [1.54, 1.807) is 0 Å². The molecule has 0 bridgehead atoms. The Hall–Kier alpha value is -0.570. The van der Waals surface area contributed by atoms with Crippen molar-refractivity contribution in [2.45, 2.75) is 52.6 Å². The Labute approximate surface area is 92.8 Å². The van der Waals surface area contributed by atoms with Gasteiger partial charge < -0.3 is 9.64 Å². The van der Waals surface area contributed by atoms with Gasteiger partial charge in [-0.25, -0.2) is 0 Å². The molecule has 1 fully saturated rings. The summed E-state index contributed by atoms with van der Waals surface area (Å²) in [5, 5.41) is 0. The van der Waals surface area contributed by atoms with Crippen molar-refractivity contribution in [1.29, 1.82) is 0 Å². The number of amides is 1. The van der Waals surface area contributed by atoms with Crippen molar-refractivity contribution in [3.63, 3.8) is 0 Å². The van der Waals surface area contributed by atoms with Crippen LogP contribution in [0.2, 0.25) is 0 Å². The van der Waals surface area contributed by atoms with E-state index in [1.165, 1.54) is 0 Å². The van der Waals surface area contributed by atoms with E-state index in [9.17, 15) is 4.79 Å². The highest BCUT2D eigenvalue weighted by atomic mass is 16.5. The fraction of sp³-hybridized carbons (Fsp3) is 0.917. The first kappa shape index (κ1) is 12.5. The molecule has 1 aliphatic heterocycles. The van der Waals surface area contributed by atoms with Gasteiger partial charge in [0.2, 0.25) is 5.91 Å². The van der Waals surface area contributed by atoms with E-state index in [4.69, 9.17) is 4.74 Å². The molecule has 1 amide bonds. The number of rotatable bonds is 3. The third-order valence-electron chi connectivity index (χ3n) is 3.26. The maximum Gasteiger partial charge on any atom is 0.226 e. The van der Waals surface area contributed by atoms with Crippen molar-refractivity contribution >= 4 is 5.91 Å². The van der Waals surface area contributed by atoms with Crippen LogP contribution in [0.5, 0.6) is 0 Å². The fourth-order valence-electron chi connectivity index (χ4n) is 2.29. The third-order valence-corrected chi connectivity index (χ3v) is 3.26. The van der Waals surface area contributed by atoms with E-state index in [0.717, 1.165) is 12.8 Å². The van der Waals surface area contributed by atoms with Crippen molar-refractivity contribution in [2.24, 2.45) is 5.92 Å². The summed E-state index contributed by atoms with van der Waals surface area (Å²) in [5.74, 6) is 0.497. The molecular weight excluding hydrogens is 190 g/mol. The van der Waals surface area contributed by atoms with E-state index in [1.807, 2.05) is 4.90 Å². The van der Waals surface area contributed by atoms with Gasteiger partial charge in [-0.05, 0) is 26.7 Å². The van der Waals surface area contributed by atoms with Crippen molar-refractivity contribution in [2.75, 3.05) is 13.2 Å². The van der Waals surface area contributed by atoms with Gasteiger partial charge in [-0.15, -0.1) is 0 Å². The van der Waals surface area contributed by atoms with Crippen molar-refractivity contribution in [3.8, 4) is 0 Å². The zero-order valence-electron chi connectivity index (χ0n) is 10.3. The van der Waals surface area contributed by atoms with Gasteiger partial charge in [0.05, 0.1) is 25.3 Å². The smallest absolute Gasteiger partial charge is 0.226 e. The second-order valence-corrected chi connectivity index (χ2v) is 4.49. The molecule has 3 nitrogen and oxygen atoms in total. The minimum Gasteiger partial charge on any atom is -0.377 e. The van der Waals surface area contributed by atoms with Crippen LogP contribution in [-0.4, -0.2) is 36.1 Å². The van der Waals surface area contributed by atoms with Gasteiger partial charge in [-0.1, -0.05) is 13.8 Å². The summed E-state index contributed by atoms with van der Waals surface area (Å²) < 4.78 is 5.43. The quantitative estimate of drug-likeness (QED) is 0.718. The van der Waals surface area contributed by atoms with E-state index in [2.05, 4.69) is 27.7 Å². The molecule has 1 rings (SSSR count). The van der Waals surface area contributed by atoms with Gasteiger partial charge in [0, 0.05) is 5.92 Å². The molecule has 0 aromatic heterocycles. The molecule has 0 radical (unpaired) electrons. The lowest BCUT2D eigenvalue weighted by Crippen LogP contribution is -2.54. The van der Waals surface area contributed by atoms with E-state index in [-0.39, 0.29) is 18.0 Å². The van der Waals surface area contributed by atoms with E-state index < -0.39 is 0 Å². The highest BCUT2D eigenvalue weighted by Crippen LogP contribution is 2.19. The molecule has 15 heavy (non-hydrogen) atoms. The van der Waals surface area contributed by atoms with Crippen molar-refractivity contribution in [1.82, 2.24) is 4.90 Å². The summed E-state index contributed by atoms with van der Waals surface area (Å²) >= 11 is 0. The SMILES string of the molecule is CCC(CC)C(=O)N1C(C)COCC1C. The van der Waals surface area contributed by atoms with Gasteiger partial charge in [0.25, 0.3) is 0 Å². The Kier molecular flexibility index (Phi) is 4.58. The molecule has 0 N–H and O–H groups in total. The van der Waals surface area contributed by atoms with Crippen LogP contribution in [0.3, 0.4) is 0 Å². The lowest BCUT2D eigenvalue weighted by atomic mass is 9.99. The molecule has 1 saturated heterocycles. The molecule has 1 heterocycles. The van der Waals surface area contributed by atoms with Crippen LogP contribution in [0.25, 0.3) is 0 Å². The predicted octanol–water partition coefficient (Wildman–Crippen LogP) is 2.06. The summed E-state index contributed by atoms with van der Waals surface area (Å²) in [6.07, 6.45) is 1.87. The minimum atomic E-state index is 0.188. The second kappa shape index (κ2) is 5.50. The molecule has 3 heteroatoms. The first-order valence-corrected chi connectivity index (χ1v) is 6.01. The Bertz CT molecular complexity index is 204. The van der Waals surface area contributed by atoms with Crippen LogP contribution in [0.15, 0.2) is 0 Å². The first-order valence-electron chi connectivity index (χ1n) is 6.01. The van der Waals surface area contributed by atoms with E-state index >= 15 is 0 Å². The monoisotopic (exact) mass is 213 g/mol. The highest BCUT2D eigenvalue weighted by Gasteiger charge is 2.32. The predicted molar refractivity (Wildman–Crippen MR) is 60.7 cm³/mol. The summed E-state index contributed by atoms with van der Waals surface area (Å²) in [6, 6.07) is 0.448. The molecular formula is C12H23NO2. The maximum absolute atomic E-state index is 12.3. The third kappa shape index (κ3) is 2.71. The maximum atomic E-state index is 12.3. The number of ether oxygens (including phenoxy) is 1. The van der Waals surface area contributed by atoms with Gasteiger partial charge in [0.1, 0.15) is 0 Å². The number of morpholine rings is 1.